The quantitative estimate of drug-likeness (QED) is 0.511. The maximum absolute atomic E-state index is 13.5. The Labute approximate surface area is 132 Å². The molecule has 2 nitrogen and oxygen atoms in total. The Morgan fingerprint density at radius 2 is 1.24 bits per heavy atom. The van der Waals surface area contributed by atoms with Crippen LogP contribution in [0.1, 0.15) is 25.7 Å². The molecule has 13 heteroatoms. The first-order chi connectivity index (χ1) is 10.9. The van der Waals surface area contributed by atoms with Crippen molar-refractivity contribution >= 4 is 11.6 Å². The van der Waals surface area contributed by atoms with E-state index < -0.39 is 60.2 Å². The van der Waals surface area contributed by atoms with Crippen molar-refractivity contribution in [2.24, 2.45) is 5.92 Å². The number of alkyl halides is 11. The smallest absolute Gasteiger partial charge is 0.299 e. The number of halogens is 11. The van der Waals surface area contributed by atoms with E-state index >= 15 is 0 Å². The lowest BCUT2D eigenvalue weighted by molar-refractivity contribution is -0.417. The number of Topliss-reactive ketones (excluding diaryl/α,β-unsaturated/α-hetero) is 2. The van der Waals surface area contributed by atoms with Crippen LogP contribution in [-0.4, -0.2) is 41.4 Å². The lowest BCUT2D eigenvalue weighted by atomic mass is 9.80. The van der Waals surface area contributed by atoms with Crippen LogP contribution in [0.15, 0.2) is 0 Å². The molecule has 1 saturated carbocycles. The van der Waals surface area contributed by atoms with Crippen molar-refractivity contribution in [1.29, 1.82) is 0 Å². The van der Waals surface area contributed by atoms with Crippen LogP contribution in [0.25, 0.3) is 0 Å². The fourth-order valence-electron chi connectivity index (χ4n) is 2.21. The van der Waals surface area contributed by atoms with E-state index in [0.717, 1.165) is 0 Å². The Morgan fingerprint density at radius 1 is 0.760 bits per heavy atom. The zero-order chi connectivity index (χ0) is 20.1. The third-order valence-corrected chi connectivity index (χ3v) is 3.72. The van der Waals surface area contributed by atoms with E-state index in [2.05, 4.69) is 0 Å². The minimum Gasteiger partial charge on any atom is -0.299 e. The summed E-state index contributed by atoms with van der Waals surface area (Å²) in [6.45, 7) is 0. The molecule has 25 heavy (non-hydrogen) atoms. The van der Waals surface area contributed by atoms with E-state index in [9.17, 15) is 57.9 Å². The molecule has 0 spiro atoms. The molecule has 0 radical (unpaired) electrons. The Balaban J connectivity index is 3.33. The Bertz CT molecular complexity index is 550. The molecule has 0 heterocycles. The van der Waals surface area contributed by atoms with Gasteiger partial charge in [0.15, 0.2) is 0 Å². The predicted molar refractivity (Wildman–Crippen MR) is 57.8 cm³/mol. The van der Waals surface area contributed by atoms with Gasteiger partial charge in [-0.25, -0.2) is 0 Å². The van der Waals surface area contributed by atoms with E-state index in [0.29, 0.717) is 0 Å². The molecule has 1 fully saturated rings. The Hall–Kier alpha value is -1.43. The number of hydrogen-bond donors (Lipinski definition) is 0. The normalized spacial score (nSPS) is 21.4. The Morgan fingerprint density at radius 3 is 1.64 bits per heavy atom. The topological polar surface area (TPSA) is 34.1 Å². The fourth-order valence-corrected chi connectivity index (χ4v) is 2.21. The fraction of sp³-hybridized carbons (Fsp3) is 0.833. The molecule has 0 aromatic carbocycles. The van der Waals surface area contributed by atoms with Crippen molar-refractivity contribution in [3.05, 3.63) is 0 Å². The summed E-state index contributed by atoms with van der Waals surface area (Å²) in [5.41, 5.74) is 0. The van der Waals surface area contributed by atoms with Gasteiger partial charge < -0.3 is 0 Å². The molecule has 0 aromatic heterocycles. The highest BCUT2D eigenvalue weighted by Crippen LogP contribution is 2.58. The second-order valence-corrected chi connectivity index (χ2v) is 5.42. The van der Waals surface area contributed by atoms with Crippen molar-refractivity contribution < 1.29 is 57.9 Å². The molecule has 1 aliphatic rings. The van der Waals surface area contributed by atoms with Crippen LogP contribution in [0.2, 0.25) is 0 Å². The average Bonchev–Trinajstić information content (AvgIpc) is 2.45. The van der Waals surface area contributed by atoms with Gasteiger partial charge in [-0.3, -0.25) is 9.59 Å². The molecule has 1 atom stereocenters. The van der Waals surface area contributed by atoms with Crippen LogP contribution < -0.4 is 0 Å². The van der Waals surface area contributed by atoms with Gasteiger partial charge in [0.2, 0.25) is 5.78 Å². The number of carbonyl (C=O) groups excluding carboxylic acids is 2. The Kier molecular flexibility index (Phi) is 5.25. The summed E-state index contributed by atoms with van der Waals surface area (Å²) in [5, 5.41) is 0. The van der Waals surface area contributed by atoms with Crippen molar-refractivity contribution in [2.45, 2.75) is 55.5 Å². The van der Waals surface area contributed by atoms with Crippen LogP contribution in [-0.2, 0) is 9.59 Å². The van der Waals surface area contributed by atoms with Crippen LogP contribution in [0.4, 0.5) is 48.3 Å². The van der Waals surface area contributed by atoms with E-state index in [1.807, 2.05) is 0 Å². The third kappa shape index (κ3) is 3.09. The molecule has 146 valence electrons. The standard InChI is InChI=1S/C12H9F11O2/c13-8(14,7(25)5-3-1-2-4-6(5)24)9(15,16)10(17,18)11(19,20)12(21,22)23/h5H,1-4H2. The average molecular weight is 394 g/mol. The zero-order valence-electron chi connectivity index (χ0n) is 11.9. The zero-order valence-corrected chi connectivity index (χ0v) is 11.9. The summed E-state index contributed by atoms with van der Waals surface area (Å²) in [6, 6.07) is 0. The van der Waals surface area contributed by atoms with E-state index in [-0.39, 0.29) is 12.8 Å². The van der Waals surface area contributed by atoms with Crippen LogP contribution >= 0.6 is 0 Å². The maximum atomic E-state index is 13.5. The summed E-state index contributed by atoms with van der Waals surface area (Å²) in [7, 11) is 0. The minimum absolute atomic E-state index is 0.0902. The largest absolute Gasteiger partial charge is 0.460 e. The van der Waals surface area contributed by atoms with Gasteiger partial charge in [-0.1, -0.05) is 6.42 Å². The van der Waals surface area contributed by atoms with Gasteiger partial charge in [-0.05, 0) is 12.8 Å². The van der Waals surface area contributed by atoms with Crippen molar-refractivity contribution in [1.82, 2.24) is 0 Å². The third-order valence-electron chi connectivity index (χ3n) is 3.72. The second kappa shape index (κ2) is 6.08. The summed E-state index contributed by atoms with van der Waals surface area (Å²) in [4.78, 5) is 22.7. The first kappa shape index (κ1) is 21.6. The van der Waals surface area contributed by atoms with E-state index in [1.54, 1.807) is 0 Å². The molecule has 0 aromatic rings. The first-order valence-corrected chi connectivity index (χ1v) is 6.58. The van der Waals surface area contributed by atoms with Gasteiger partial charge in [-0.2, -0.15) is 48.3 Å². The van der Waals surface area contributed by atoms with Gasteiger partial charge in [-0.15, -0.1) is 0 Å². The van der Waals surface area contributed by atoms with Crippen LogP contribution in [0, 0.1) is 5.92 Å². The van der Waals surface area contributed by atoms with Crippen LogP contribution in [0.5, 0.6) is 0 Å². The van der Waals surface area contributed by atoms with Gasteiger partial charge in [0.25, 0.3) is 0 Å². The summed E-state index contributed by atoms with van der Waals surface area (Å²) < 4.78 is 141. The van der Waals surface area contributed by atoms with Crippen molar-refractivity contribution in [3.63, 3.8) is 0 Å². The molecule has 1 rings (SSSR count). The molecular weight excluding hydrogens is 385 g/mol. The number of carbonyl (C=O) groups is 2. The van der Waals surface area contributed by atoms with Gasteiger partial charge >= 0.3 is 29.9 Å². The monoisotopic (exact) mass is 394 g/mol. The predicted octanol–water partition coefficient (Wildman–Crippen LogP) is 4.42. The second-order valence-electron chi connectivity index (χ2n) is 5.42. The van der Waals surface area contributed by atoms with Crippen LogP contribution in [0.3, 0.4) is 0 Å². The summed E-state index contributed by atoms with van der Waals surface area (Å²) >= 11 is 0. The van der Waals surface area contributed by atoms with Gasteiger partial charge in [0, 0.05) is 6.42 Å². The number of ketones is 2. The van der Waals surface area contributed by atoms with Crippen molar-refractivity contribution in [2.75, 3.05) is 0 Å². The summed E-state index contributed by atoms with van der Waals surface area (Å²) in [5.74, 6) is -36.1. The lowest BCUT2D eigenvalue weighted by Gasteiger charge is -2.37. The molecule has 0 amide bonds. The van der Waals surface area contributed by atoms with Gasteiger partial charge in [0.1, 0.15) is 5.78 Å². The van der Waals surface area contributed by atoms with E-state index in [1.165, 1.54) is 0 Å². The summed E-state index contributed by atoms with van der Waals surface area (Å²) in [6.07, 6.45) is -8.55. The molecule has 0 bridgehead atoms. The van der Waals surface area contributed by atoms with Gasteiger partial charge in [0.05, 0.1) is 5.92 Å². The highest BCUT2D eigenvalue weighted by atomic mass is 19.4. The number of hydrogen-bond acceptors (Lipinski definition) is 2. The molecule has 0 N–H and O–H groups in total. The molecule has 1 aliphatic carbocycles. The highest BCUT2D eigenvalue weighted by Gasteiger charge is 2.88. The van der Waals surface area contributed by atoms with Crippen molar-refractivity contribution in [3.8, 4) is 0 Å². The SMILES string of the molecule is O=C1CCCCC1C(=O)C(F)(F)C(F)(F)C(F)(F)C(F)(F)C(F)(F)F. The van der Waals surface area contributed by atoms with E-state index in [4.69, 9.17) is 0 Å². The molecule has 0 aliphatic heterocycles. The minimum atomic E-state index is -7.64. The first-order valence-electron chi connectivity index (χ1n) is 6.58. The lowest BCUT2D eigenvalue weighted by Crippen LogP contribution is -2.68. The highest BCUT2D eigenvalue weighted by molar-refractivity contribution is 6.06. The maximum Gasteiger partial charge on any atom is 0.460 e. The number of rotatable bonds is 5. The molecule has 0 saturated heterocycles. The molecular formula is C12H9F11O2. The molecule has 1 unspecified atom stereocenters.